The van der Waals surface area contributed by atoms with E-state index in [4.69, 9.17) is 10.5 Å². The van der Waals surface area contributed by atoms with Crippen molar-refractivity contribution in [1.29, 1.82) is 0 Å². The van der Waals surface area contributed by atoms with Crippen LogP contribution in [0.3, 0.4) is 0 Å². The maximum absolute atomic E-state index is 12.4. The fraction of sp³-hybridized carbons (Fsp3) is 0.250. The monoisotopic (exact) mass is 350 g/mol. The zero-order chi connectivity index (χ0) is 17.8. The Bertz CT molecular complexity index is 718. The number of nitrogens with two attached hydrogens (primary N) is 1. The first-order chi connectivity index (χ1) is 10.6. The molecule has 23 heavy (non-hydrogen) atoms. The lowest BCUT2D eigenvalue weighted by molar-refractivity contribution is -0.127. The summed E-state index contributed by atoms with van der Waals surface area (Å²) in [5.74, 6) is -5.56. The van der Waals surface area contributed by atoms with Crippen molar-refractivity contribution >= 4 is 27.7 Å². The Morgan fingerprint density at radius 1 is 1.17 bits per heavy atom. The molecule has 11 heteroatoms. The molecule has 8 nitrogen and oxygen atoms in total. The molecule has 1 aromatic carbocycles. The molecule has 0 aliphatic heterocycles. The first kappa shape index (κ1) is 18.5. The summed E-state index contributed by atoms with van der Waals surface area (Å²) >= 11 is 0. The summed E-state index contributed by atoms with van der Waals surface area (Å²) in [6, 6.07) is 2.41. The molecule has 1 rings (SSSR count). The second-order valence-corrected chi connectivity index (χ2v) is 6.15. The van der Waals surface area contributed by atoms with Crippen LogP contribution in [0.5, 0.6) is 0 Å². The van der Waals surface area contributed by atoms with E-state index in [2.05, 4.69) is 0 Å². The van der Waals surface area contributed by atoms with Gasteiger partial charge in [-0.15, -0.1) is 0 Å². The number of alkyl halides is 2. The average Bonchev–Trinajstić information content (AvgIpc) is 2.46. The van der Waals surface area contributed by atoms with Crippen molar-refractivity contribution < 1.29 is 36.3 Å². The van der Waals surface area contributed by atoms with Gasteiger partial charge in [-0.3, -0.25) is 10.1 Å². The fourth-order valence-electron chi connectivity index (χ4n) is 1.39. The minimum atomic E-state index is -4.77. The van der Waals surface area contributed by atoms with Gasteiger partial charge in [-0.1, -0.05) is 0 Å². The molecular formula is C12H12F2N2O6S. The molecule has 126 valence electrons. The first-order valence-corrected chi connectivity index (χ1v) is 7.53. The van der Waals surface area contributed by atoms with Crippen LogP contribution in [0.4, 0.5) is 13.6 Å². The van der Waals surface area contributed by atoms with Gasteiger partial charge in [0.2, 0.25) is 9.84 Å². The van der Waals surface area contributed by atoms with Crippen LogP contribution in [-0.4, -0.2) is 38.2 Å². The van der Waals surface area contributed by atoms with Gasteiger partial charge in [0.05, 0.1) is 10.5 Å². The van der Waals surface area contributed by atoms with Gasteiger partial charge in [0, 0.05) is 0 Å². The fourth-order valence-corrected chi connectivity index (χ4v) is 2.11. The van der Waals surface area contributed by atoms with E-state index >= 15 is 0 Å². The Labute approximate surface area is 129 Å². The third kappa shape index (κ3) is 4.71. The number of halogens is 2. The lowest BCUT2D eigenvalue weighted by Gasteiger charge is -2.12. The van der Waals surface area contributed by atoms with Crippen LogP contribution in [-0.2, 0) is 19.4 Å². The third-order valence-electron chi connectivity index (χ3n) is 2.55. The Kier molecular flexibility index (Phi) is 5.73. The van der Waals surface area contributed by atoms with Gasteiger partial charge in [0.1, 0.15) is 0 Å². The minimum Gasteiger partial charge on any atom is -0.449 e. The Morgan fingerprint density at radius 2 is 1.70 bits per heavy atom. The number of hydrogen-bond donors (Lipinski definition) is 2. The SMILES string of the molecule is C[C@H](OC(=O)c1ccc(S(=O)(=O)C(F)F)cc1)C(=O)NC(N)=O. The van der Waals surface area contributed by atoms with E-state index < -0.39 is 44.5 Å². The molecule has 1 aromatic rings. The van der Waals surface area contributed by atoms with Crippen LogP contribution < -0.4 is 11.1 Å². The number of carbonyl (C=O) groups is 3. The second kappa shape index (κ2) is 7.13. The normalized spacial score (nSPS) is 12.5. The number of imide groups is 1. The molecular weight excluding hydrogens is 338 g/mol. The number of nitrogens with one attached hydrogen (secondary N) is 1. The number of sulfone groups is 1. The van der Waals surface area contributed by atoms with Gasteiger partial charge in [-0.25, -0.2) is 18.0 Å². The number of primary amides is 1. The first-order valence-electron chi connectivity index (χ1n) is 5.99. The highest BCUT2D eigenvalue weighted by atomic mass is 32.2. The quantitative estimate of drug-likeness (QED) is 0.740. The lowest BCUT2D eigenvalue weighted by atomic mass is 10.2. The molecule has 0 heterocycles. The maximum Gasteiger partial charge on any atom is 0.341 e. The summed E-state index contributed by atoms with van der Waals surface area (Å²) in [4.78, 5) is 32.9. The van der Waals surface area contributed by atoms with Crippen LogP contribution in [0.25, 0.3) is 0 Å². The van der Waals surface area contributed by atoms with E-state index in [0.29, 0.717) is 0 Å². The number of rotatable bonds is 5. The number of esters is 1. The summed E-state index contributed by atoms with van der Waals surface area (Å²) in [5.41, 5.74) is 4.56. The highest BCUT2D eigenvalue weighted by Gasteiger charge is 2.27. The minimum absolute atomic E-state index is 0.169. The third-order valence-corrected chi connectivity index (χ3v) is 3.95. The topological polar surface area (TPSA) is 133 Å². The highest BCUT2D eigenvalue weighted by molar-refractivity contribution is 7.91. The van der Waals surface area contributed by atoms with Gasteiger partial charge in [-0.05, 0) is 31.2 Å². The van der Waals surface area contributed by atoms with E-state index in [1.165, 1.54) is 6.92 Å². The van der Waals surface area contributed by atoms with Gasteiger partial charge < -0.3 is 10.5 Å². The van der Waals surface area contributed by atoms with Crippen LogP contribution in [0.2, 0.25) is 0 Å². The molecule has 3 N–H and O–H groups in total. The number of amides is 3. The maximum atomic E-state index is 12.4. The highest BCUT2D eigenvalue weighted by Crippen LogP contribution is 2.19. The molecule has 0 unspecified atom stereocenters. The molecule has 0 radical (unpaired) electrons. The summed E-state index contributed by atoms with van der Waals surface area (Å²) in [6.07, 6.45) is -1.35. The number of benzene rings is 1. The van der Waals surface area contributed by atoms with Crippen molar-refractivity contribution in [3.63, 3.8) is 0 Å². The number of carbonyl (C=O) groups excluding carboxylic acids is 3. The van der Waals surface area contributed by atoms with E-state index in [-0.39, 0.29) is 5.56 Å². The predicted octanol–water partition coefficient (Wildman–Crippen LogP) is 0.423. The van der Waals surface area contributed by atoms with Crippen molar-refractivity contribution in [3.8, 4) is 0 Å². The Balaban J connectivity index is 2.83. The van der Waals surface area contributed by atoms with Crippen molar-refractivity contribution in [2.24, 2.45) is 5.73 Å². The molecule has 0 aliphatic carbocycles. The van der Waals surface area contributed by atoms with E-state index in [9.17, 15) is 31.6 Å². The number of ether oxygens (including phenoxy) is 1. The van der Waals surface area contributed by atoms with Gasteiger partial charge in [-0.2, -0.15) is 8.78 Å². The summed E-state index contributed by atoms with van der Waals surface area (Å²) < 4.78 is 51.9. The molecule has 1 atom stereocenters. The van der Waals surface area contributed by atoms with E-state index in [1.54, 1.807) is 5.32 Å². The second-order valence-electron chi connectivity index (χ2n) is 4.23. The standard InChI is InChI=1S/C12H12F2N2O6S/c1-6(9(17)16-12(15)19)22-10(18)7-2-4-8(5-3-7)23(20,21)11(13)14/h2-6,11H,1H3,(H3,15,16,17,19)/t6-/m0/s1. The largest absolute Gasteiger partial charge is 0.449 e. The van der Waals surface area contributed by atoms with Crippen molar-refractivity contribution in [2.45, 2.75) is 23.7 Å². The summed E-state index contributed by atoms with van der Waals surface area (Å²) in [5, 5.41) is 1.70. The summed E-state index contributed by atoms with van der Waals surface area (Å²) in [6.45, 7) is 1.17. The van der Waals surface area contributed by atoms with Crippen molar-refractivity contribution in [2.75, 3.05) is 0 Å². The van der Waals surface area contributed by atoms with Crippen LogP contribution >= 0.6 is 0 Å². The molecule has 3 amide bonds. The smallest absolute Gasteiger partial charge is 0.341 e. The number of hydrogen-bond acceptors (Lipinski definition) is 6. The van der Waals surface area contributed by atoms with Crippen LogP contribution in [0.15, 0.2) is 29.2 Å². The molecule has 0 aliphatic rings. The molecule has 0 spiro atoms. The van der Waals surface area contributed by atoms with Gasteiger partial charge in [0.25, 0.3) is 5.91 Å². The van der Waals surface area contributed by atoms with Gasteiger partial charge >= 0.3 is 17.8 Å². The average molecular weight is 350 g/mol. The zero-order valence-electron chi connectivity index (χ0n) is 11.7. The van der Waals surface area contributed by atoms with Gasteiger partial charge in [0.15, 0.2) is 6.10 Å². The molecule has 0 aromatic heterocycles. The van der Waals surface area contributed by atoms with Crippen LogP contribution in [0, 0.1) is 0 Å². The molecule has 0 saturated heterocycles. The van der Waals surface area contributed by atoms with E-state index in [1.807, 2.05) is 0 Å². The molecule has 0 bridgehead atoms. The Hall–Kier alpha value is -2.56. The van der Waals surface area contributed by atoms with E-state index in [0.717, 1.165) is 24.3 Å². The molecule has 0 saturated carbocycles. The Morgan fingerprint density at radius 3 is 2.13 bits per heavy atom. The van der Waals surface area contributed by atoms with Crippen molar-refractivity contribution in [1.82, 2.24) is 5.32 Å². The number of urea groups is 1. The molecule has 0 fully saturated rings. The zero-order valence-corrected chi connectivity index (χ0v) is 12.5. The lowest BCUT2D eigenvalue weighted by Crippen LogP contribution is -2.42. The van der Waals surface area contributed by atoms with Crippen molar-refractivity contribution in [3.05, 3.63) is 29.8 Å². The summed E-state index contributed by atoms with van der Waals surface area (Å²) in [7, 11) is -4.77. The predicted molar refractivity (Wildman–Crippen MR) is 72.2 cm³/mol. The van der Waals surface area contributed by atoms with Crippen LogP contribution in [0.1, 0.15) is 17.3 Å².